The number of ether oxygens (including phenoxy) is 1. The van der Waals surface area contributed by atoms with Gasteiger partial charge in [-0.2, -0.15) is 4.68 Å². The number of tetrazole rings is 1. The number of hydrogen-bond donors (Lipinski definition) is 1. The Morgan fingerprint density at radius 2 is 1.88 bits per heavy atom. The van der Waals surface area contributed by atoms with Gasteiger partial charge in [0.15, 0.2) is 6.61 Å². The standard InChI is InChI=1S/C18H18ClN5O2/c1-11-8-12(2)17(13(3)9-11)24-18(21-22-23-24)26-10-16(25)20-15-7-5-4-6-14(15)19/h4-9H,10H2,1-3H3,(H,20,25). The van der Waals surface area contributed by atoms with Crippen molar-refractivity contribution in [3.8, 4) is 11.7 Å². The molecule has 1 amide bonds. The van der Waals surface area contributed by atoms with Gasteiger partial charge in [-0.1, -0.05) is 46.5 Å². The Kier molecular flexibility index (Phi) is 5.18. The second-order valence-electron chi connectivity index (χ2n) is 5.94. The number of aromatic nitrogens is 4. The van der Waals surface area contributed by atoms with Crippen LogP contribution in [0.25, 0.3) is 5.69 Å². The van der Waals surface area contributed by atoms with Gasteiger partial charge in [-0.3, -0.25) is 4.79 Å². The Morgan fingerprint density at radius 3 is 2.58 bits per heavy atom. The Morgan fingerprint density at radius 1 is 1.19 bits per heavy atom. The maximum Gasteiger partial charge on any atom is 0.340 e. The Bertz CT molecular complexity index is 931. The van der Waals surface area contributed by atoms with E-state index in [2.05, 4.69) is 20.8 Å². The summed E-state index contributed by atoms with van der Waals surface area (Å²) in [5, 5.41) is 14.7. The molecule has 0 atom stereocenters. The van der Waals surface area contributed by atoms with E-state index in [1.807, 2.05) is 32.9 Å². The number of hydrogen-bond acceptors (Lipinski definition) is 5. The van der Waals surface area contributed by atoms with Crippen molar-refractivity contribution in [2.24, 2.45) is 0 Å². The van der Waals surface area contributed by atoms with Gasteiger partial charge in [0.2, 0.25) is 0 Å². The molecule has 8 heteroatoms. The number of halogens is 1. The molecule has 3 aromatic rings. The lowest BCUT2D eigenvalue weighted by atomic mass is 10.1. The molecule has 1 heterocycles. The van der Waals surface area contributed by atoms with Gasteiger partial charge in [-0.05, 0) is 54.5 Å². The number of anilines is 1. The number of nitrogens with zero attached hydrogens (tertiary/aromatic N) is 4. The minimum absolute atomic E-state index is 0.148. The van der Waals surface area contributed by atoms with Crippen LogP contribution in [0.4, 0.5) is 5.69 Å². The molecule has 0 aliphatic rings. The van der Waals surface area contributed by atoms with Crippen LogP contribution in [0.15, 0.2) is 36.4 Å². The van der Waals surface area contributed by atoms with Crippen molar-refractivity contribution in [3.05, 3.63) is 58.1 Å². The van der Waals surface area contributed by atoms with E-state index < -0.39 is 0 Å². The van der Waals surface area contributed by atoms with Crippen LogP contribution in [0.5, 0.6) is 6.01 Å². The fraction of sp³-hybridized carbons (Fsp3) is 0.222. The summed E-state index contributed by atoms with van der Waals surface area (Å²) in [6.45, 7) is 5.74. The largest absolute Gasteiger partial charge is 0.452 e. The molecule has 0 saturated carbocycles. The predicted octanol–water partition coefficient (Wildman–Crippen LogP) is 3.26. The number of carbonyl (C=O) groups is 1. The summed E-state index contributed by atoms with van der Waals surface area (Å²) in [6, 6.07) is 11.2. The van der Waals surface area contributed by atoms with Crippen LogP contribution in [0.1, 0.15) is 16.7 Å². The molecule has 0 radical (unpaired) electrons. The Labute approximate surface area is 155 Å². The van der Waals surface area contributed by atoms with Gasteiger partial charge in [-0.25, -0.2) is 0 Å². The molecule has 0 fully saturated rings. The number of aryl methyl sites for hydroxylation is 3. The molecule has 0 unspecified atom stereocenters. The van der Waals surface area contributed by atoms with Gasteiger partial charge in [0.25, 0.3) is 5.91 Å². The summed E-state index contributed by atoms with van der Waals surface area (Å²) in [5.74, 6) is -0.356. The molecule has 1 N–H and O–H groups in total. The first-order valence-corrected chi connectivity index (χ1v) is 8.37. The predicted molar refractivity (Wildman–Crippen MR) is 98.9 cm³/mol. The van der Waals surface area contributed by atoms with E-state index in [0.29, 0.717) is 10.7 Å². The lowest BCUT2D eigenvalue weighted by Gasteiger charge is -2.12. The fourth-order valence-electron chi connectivity index (χ4n) is 2.79. The third-order valence-corrected chi connectivity index (χ3v) is 4.10. The summed E-state index contributed by atoms with van der Waals surface area (Å²) < 4.78 is 7.01. The van der Waals surface area contributed by atoms with Crippen LogP contribution in [0.3, 0.4) is 0 Å². The number of amides is 1. The third-order valence-electron chi connectivity index (χ3n) is 3.77. The molecule has 0 saturated heterocycles. The number of benzene rings is 2. The van der Waals surface area contributed by atoms with E-state index in [0.717, 1.165) is 22.4 Å². The zero-order valence-electron chi connectivity index (χ0n) is 14.7. The first-order valence-electron chi connectivity index (χ1n) is 7.99. The highest BCUT2D eigenvalue weighted by atomic mass is 35.5. The van der Waals surface area contributed by atoms with E-state index in [9.17, 15) is 4.79 Å². The van der Waals surface area contributed by atoms with Gasteiger partial charge >= 0.3 is 6.01 Å². The quantitative estimate of drug-likeness (QED) is 0.744. The molecule has 0 aliphatic carbocycles. The molecule has 2 aromatic carbocycles. The maximum absolute atomic E-state index is 12.1. The van der Waals surface area contributed by atoms with Gasteiger partial charge in [0, 0.05) is 0 Å². The molecule has 1 aromatic heterocycles. The maximum atomic E-state index is 12.1. The molecule has 134 valence electrons. The molecular formula is C18H18ClN5O2. The van der Waals surface area contributed by atoms with Crippen molar-refractivity contribution in [2.75, 3.05) is 11.9 Å². The van der Waals surface area contributed by atoms with Gasteiger partial charge in [-0.15, -0.1) is 0 Å². The third kappa shape index (κ3) is 3.83. The summed E-state index contributed by atoms with van der Waals surface area (Å²) in [7, 11) is 0. The smallest absolute Gasteiger partial charge is 0.340 e. The molecule has 26 heavy (non-hydrogen) atoms. The van der Waals surface area contributed by atoms with E-state index >= 15 is 0 Å². The molecular weight excluding hydrogens is 354 g/mol. The van der Waals surface area contributed by atoms with Crippen LogP contribution in [-0.2, 0) is 4.79 Å². The van der Waals surface area contributed by atoms with Gasteiger partial charge in [0.05, 0.1) is 16.4 Å². The summed E-state index contributed by atoms with van der Waals surface area (Å²) >= 11 is 6.03. The minimum Gasteiger partial charge on any atom is -0.452 e. The highest BCUT2D eigenvalue weighted by molar-refractivity contribution is 6.33. The number of carbonyl (C=O) groups excluding carboxylic acids is 1. The van der Waals surface area contributed by atoms with Crippen molar-refractivity contribution in [3.63, 3.8) is 0 Å². The topological polar surface area (TPSA) is 81.9 Å². The SMILES string of the molecule is Cc1cc(C)c(-n2nnnc2OCC(=O)Nc2ccccc2Cl)c(C)c1. The molecule has 0 spiro atoms. The van der Waals surface area contributed by atoms with Crippen LogP contribution in [0, 0.1) is 20.8 Å². The van der Waals surface area contributed by atoms with Crippen molar-refractivity contribution in [1.29, 1.82) is 0 Å². The monoisotopic (exact) mass is 371 g/mol. The van der Waals surface area contributed by atoms with Crippen molar-refractivity contribution in [1.82, 2.24) is 20.2 Å². The highest BCUT2D eigenvalue weighted by Crippen LogP contribution is 2.23. The zero-order chi connectivity index (χ0) is 18.7. The lowest BCUT2D eigenvalue weighted by molar-refractivity contribution is -0.118. The fourth-order valence-corrected chi connectivity index (χ4v) is 2.98. The van der Waals surface area contributed by atoms with E-state index in [1.165, 1.54) is 4.68 Å². The first-order chi connectivity index (χ1) is 12.5. The number of rotatable bonds is 5. The second-order valence-corrected chi connectivity index (χ2v) is 6.34. The highest BCUT2D eigenvalue weighted by Gasteiger charge is 2.16. The molecule has 7 nitrogen and oxygen atoms in total. The average Bonchev–Trinajstić information content (AvgIpc) is 3.02. The van der Waals surface area contributed by atoms with Crippen molar-refractivity contribution < 1.29 is 9.53 Å². The number of para-hydroxylation sites is 1. The van der Waals surface area contributed by atoms with Crippen molar-refractivity contribution >= 4 is 23.2 Å². The summed E-state index contributed by atoms with van der Waals surface area (Å²) in [6.07, 6.45) is 0. The Hall–Kier alpha value is -2.93. The first kappa shape index (κ1) is 17.9. The molecule has 3 rings (SSSR count). The molecule has 0 bridgehead atoms. The normalized spacial score (nSPS) is 10.6. The van der Waals surface area contributed by atoms with Crippen LogP contribution in [0.2, 0.25) is 5.02 Å². The molecule has 0 aliphatic heterocycles. The van der Waals surface area contributed by atoms with E-state index in [-0.39, 0.29) is 18.5 Å². The van der Waals surface area contributed by atoms with Crippen LogP contribution >= 0.6 is 11.6 Å². The summed E-state index contributed by atoms with van der Waals surface area (Å²) in [4.78, 5) is 12.1. The minimum atomic E-state index is -0.356. The second kappa shape index (κ2) is 7.53. The van der Waals surface area contributed by atoms with Crippen molar-refractivity contribution in [2.45, 2.75) is 20.8 Å². The van der Waals surface area contributed by atoms with E-state index in [4.69, 9.17) is 16.3 Å². The number of nitrogens with one attached hydrogen (secondary N) is 1. The van der Waals surface area contributed by atoms with Crippen LogP contribution < -0.4 is 10.1 Å². The summed E-state index contributed by atoms with van der Waals surface area (Å²) in [5.41, 5.74) is 4.54. The van der Waals surface area contributed by atoms with Crippen LogP contribution in [-0.4, -0.2) is 32.7 Å². The van der Waals surface area contributed by atoms with Gasteiger partial charge < -0.3 is 10.1 Å². The zero-order valence-corrected chi connectivity index (χ0v) is 15.4. The Balaban J connectivity index is 1.74. The average molecular weight is 372 g/mol. The van der Waals surface area contributed by atoms with E-state index in [1.54, 1.807) is 24.3 Å². The van der Waals surface area contributed by atoms with Gasteiger partial charge in [0.1, 0.15) is 0 Å². The lowest BCUT2D eigenvalue weighted by Crippen LogP contribution is -2.21.